The van der Waals surface area contributed by atoms with E-state index < -0.39 is 23.1 Å². The van der Waals surface area contributed by atoms with E-state index in [9.17, 15) is 13.6 Å². The zero-order valence-corrected chi connectivity index (χ0v) is 8.52. The molecule has 2 aromatic heterocycles. The number of nitrogens with zero attached hydrogens (tertiary/aromatic N) is 2. The van der Waals surface area contributed by atoms with Crippen molar-refractivity contribution in [3.8, 4) is 0 Å². The topological polar surface area (TPSA) is 54.9 Å². The van der Waals surface area contributed by atoms with Gasteiger partial charge in [-0.1, -0.05) is 0 Å². The number of carbonyl (C=O) groups is 1. The van der Waals surface area contributed by atoms with Crippen molar-refractivity contribution in [1.29, 1.82) is 0 Å². The summed E-state index contributed by atoms with van der Waals surface area (Å²) in [4.78, 5) is 18.7. The molecule has 0 fully saturated rings. The van der Waals surface area contributed by atoms with Crippen molar-refractivity contribution in [1.82, 2.24) is 9.97 Å². The fraction of sp³-hybridized carbons (Fsp3) is 0. The lowest BCUT2D eigenvalue weighted by Crippen LogP contribution is -2.16. The van der Waals surface area contributed by atoms with Gasteiger partial charge in [0.05, 0.1) is 12.4 Å². The molecule has 0 spiro atoms. The van der Waals surface area contributed by atoms with Crippen LogP contribution in [0.1, 0.15) is 10.4 Å². The molecule has 1 amide bonds. The highest BCUT2D eigenvalue weighted by Gasteiger charge is 2.17. The molecule has 2 aromatic rings. The molecule has 0 aliphatic rings. The van der Waals surface area contributed by atoms with E-state index in [4.69, 9.17) is 0 Å². The Morgan fingerprint density at radius 1 is 1.06 bits per heavy atom. The largest absolute Gasteiger partial charge is 0.322 e. The fourth-order valence-corrected chi connectivity index (χ4v) is 1.26. The number of hydrogen-bond donors (Lipinski definition) is 1. The molecule has 4 nitrogen and oxygen atoms in total. The van der Waals surface area contributed by atoms with Gasteiger partial charge in [-0.3, -0.25) is 14.8 Å². The Hall–Kier alpha value is -2.37. The first-order valence-corrected chi connectivity index (χ1v) is 4.69. The summed E-state index contributed by atoms with van der Waals surface area (Å²) in [6, 6.07) is 3.02. The Morgan fingerprint density at radius 2 is 1.65 bits per heavy atom. The summed E-state index contributed by atoms with van der Waals surface area (Å²) in [6.45, 7) is 0. The summed E-state index contributed by atoms with van der Waals surface area (Å²) < 4.78 is 26.5. The van der Waals surface area contributed by atoms with Gasteiger partial charge in [0.1, 0.15) is 5.56 Å². The van der Waals surface area contributed by atoms with E-state index in [1.165, 1.54) is 24.5 Å². The second-order valence-electron chi connectivity index (χ2n) is 3.17. The van der Waals surface area contributed by atoms with Crippen LogP contribution in [0.4, 0.5) is 14.5 Å². The second-order valence-corrected chi connectivity index (χ2v) is 3.17. The predicted octanol–water partition coefficient (Wildman–Crippen LogP) is 2.01. The molecule has 2 rings (SSSR count). The van der Waals surface area contributed by atoms with Crippen LogP contribution in [-0.2, 0) is 0 Å². The molecule has 0 atom stereocenters. The number of pyridine rings is 2. The highest BCUT2D eigenvalue weighted by atomic mass is 19.1. The Balaban J connectivity index is 2.27. The van der Waals surface area contributed by atoms with E-state index in [0.717, 1.165) is 12.4 Å². The van der Waals surface area contributed by atoms with Gasteiger partial charge in [-0.15, -0.1) is 0 Å². The Kier molecular flexibility index (Phi) is 3.04. The van der Waals surface area contributed by atoms with Gasteiger partial charge < -0.3 is 5.32 Å². The molecule has 0 saturated carbocycles. The molecule has 17 heavy (non-hydrogen) atoms. The highest BCUT2D eigenvalue weighted by Crippen LogP contribution is 2.13. The molecule has 2 heterocycles. The highest BCUT2D eigenvalue weighted by molar-refractivity contribution is 6.04. The van der Waals surface area contributed by atoms with Gasteiger partial charge in [-0.05, 0) is 12.1 Å². The van der Waals surface area contributed by atoms with Crippen LogP contribution < -0.4 is 5.32 Å². The second kappa shape index (κ2) is 4.65. The Bertz CT molecular complexity index is 525. The minimum Gasteiger partial charge on any atom is -0.322 e. The maximum absolute atomic E-state index is 13.2. The van der Waals surface area contributed by atoms with Crippen molar-refractivity contribution in [3.05, 3.63) is 54.1 Å². The number of amides is 1. The van der Waals surface area contributed by atoms with Crippen molar-refractivity contribution in [2.75, 3.05) is 5.32 Å². The molecule has 0 aliphatic carbocycles. The summed E-state index contributed by atoms with van der Waals surface area (Å²) in [5.41, 5.74) is -0.252. The lowest BCUT2D eigenvalue weighted by molar-refractivity contribution is 0.101. The van der Waals surface area contributed by atoms with Crippen molar-refractivity contribution in [2.45, 2.75) is 0 Å². The van der Waals surface area contributed by atoms with Gasteiger partial charge in [0, 0.05) is 18.1 Å². The van der Waals surface area contributed by atoms with Crippen LogP contribution in [-0.4, -0.2) is 15.9 Å². The standard InChI is InChI=1S/C11H7F2N3O/c12-8-5-15-6-9(13)10(8)11(17)16-7-1-3-14-4-2-7/h1-6H,(H,14,16,17). The maximum atomic E-state index is 13.2. The van der Waals surface area contributed by atoms with E-state index in [2.05, 4.69) is 15.3 Å². The number of rotatable bonds is 2. The van der Waals surface area contributed by atoms with Crippen molar-refractivity contribution >= 4 is 11.6 Å². The first-order valence-electron chi connectivity index (χ1n) is 4.69. The predicted molar refractivity (Wildman–Crippen MR) is 56.3 cm³/mol. The Morgan fingerprint density at radius 3 is 2.24 bits per heavy atom. The molecule has 86 valence electrons. The van der Waals surface area contributed by atoms with Crippen LogP contribution in [0, 0.1) is 11.6 Å². The number of hydrogen-bond acceptors (Lipinski definition) is 3. The normalized spacial score (nSPS) is 10.0. The third-order valence-electron chi connectivity index (χ3n) is 2.02. The molecule has 1 N–H and O–H groups in total. The van der Waals surface area contributed by atoms with Gasteiger partial charge in [0.15, 0.2) is 11.6 Å². The summed E-state index contributed by atoms with van der Waals surface area (Å²) in [5, 5.41) is 2.35. The Labute approximate surface area is 95.3 Å². The van der Waals surface area contributed by atoms with Gasteiger partial charge in [-0.2, -0.15) is 0 Å². The van der Waals surface area contributed by atoms with Gasteiger partial charge in [0.25, 0.3) is 5.91 Å². The summed E-state index contributed by atoms with van der Waals surface area (Å²) in [6.07, 6.45) is 4.47. The van der Waals surface area contributed by atoms with Gasteiger partial charge >= 0.3 is 0 Å². The molecule has 0 aromatic carbocycles. The van der Waals surface area contributed by atoms with Crippen LogP contribution in [0.3, 0.4) is 0 Å². The zero-order valence-electron chi connectivity index (χ0n) is 8.52. The quantitative estimate of drug-likeness (QED) is 0.866. The fourth-order valence-electron chi connectivity index (χ4n) is 1.26. The van der Waals surface area contributed by atoms with E-state index >= 15 is 0 Å². The molecular weight excluding hydrogens is 228 g/mol. The molecular formula is C11H7F2N3O. The van der Waals surface area contributed by atoms with Crippen LogP contribution in [0.15, 0.2) is 36.9 Å². The first-order chi connectivity index (χ1) is 8.18. The summed E-state index contributed by atoms with van der Waals surface area (Å²) in [5.74, 6) is -2.87. The lowest BCUT2D eigenvalue weighted by atomic mass is 10.2. The van der Waals surface area contributed by atoms with E-state index in [-0.39, 0.29) is 0 Å². The van der Waals surface area contributed by atoms with Crippen LogP contribution >= 0.6 is 0 Å². The third kappa shape index (κ3) is 2.41. The van der Waals surface area contributed by atoms with Crippen LogP contribution in [0.25, 0.3) is 0 Å². The maximum Gasteiger partial charge on any atom is 0.261 e. The van der Waals surface area contributed by atoms with Crippen LogP contribution in [0.5, 0.6) is 0 Å². The van der Waals surface area contributed by atoms with Crippen LogP contribution in [0.2, 0.25) is 0 Å². The molecule has 0 bridgehead atoms. The smallest absolute Gasteiger partial charge is 0.261 e. The lowest BCUT2D eigenvalue weighted by Gasteiger charge is -2.05. The molecule has 6 heteroatoms. The molecule has 0 saturated heterocycles. The summed E-state index contributed by atoms with van der Waals surface area (Å²) >= 11 is 0. The number of aromatic nitrogens is 2. The zero-order chi connectivity index (χ0) is 12.3. The van der Waals surface area contributed by atoms with Gasteiger partial charge in [-0.25, -0.2) is 8.78 Å². The average molecular weight is 235 g/mol. The number of halogens is 2. The molecule has 0 aliphatic heterocycles. The van der Waals surface area contributed by atoms with E-state index in [1.54, 1.807) is 0 Å². The van der Waals surface area contributed by atoms with Crippen molar-refractivity contribution in [2.24, 2.45) is 0 Å². The monoisotopic (exact) mass is 235 g/mol. The number of carbonyl (C=O) groups excluding carboxylic acids is 1. The number of nitrogens with one attached hydrogen (secondary N) is 1. The van der Waals surface area contributed by atoms with E-state index in [1.807, 2.05) is 0 Å². The minimum absolute atomic E-state index is 0.403. The van der Waals surface area contributed by atoms with Gasteiger partial charge in [0.2, 0.25) is 0 Å². The molecule has 0 unspecified atom stereocenters. The average Bonchev–Trinajstić information content (AvgIpc) is 2.30. The minimum atomic E-state index is -1.00. The first kappa shape index (κ1) is 11.1. The molecule has 0 radical (unpaired) electrons. The van der Waals surface area contributed by atoms with Crippen molar-refractivity contribution < 1.29 is 13.6 Å². The summed E-state index contributed by atoms with van der Waals surface area (Å²) in [7, 11) is 0. The third-order valence-corrected chi connectivity index (χ3v) is 2.02. The van der Waals surface area contributed by atoms with Crippen molar-refractivity contribution in [3.63, 3.8) is 0 Å². The SMILES string of the molecule is O=C(Nc1ccncc1)c1c(F)cncc1F. The number of anilines is 1. The van der Waals surface area contributed by atoms with E-state index in [0.29, 0.717) is 5.69 Å².